The van der Waals surface area contributed by atoms with Crippen LogP contribution in [0.15, 0.2) is 0 Å². The number of rotatable bonds is 41. The van der Waals surface area contributed by atoms with Crippen molar-refractivity contribution in [2.45, 2.75) is 264 Å². The predicted molar refractivity (Wildman–Crippen MR) is 211 cm³/mol. The van der Waals surface area contributed by atoms with Crippen molar-refractivity contribution in [2.24, 2.45) is 0 Å². The van der Waals surface area contributed by atoms with Gasteiger partial charge in [0.05, 0.1) is 6.42 Å². The van der Waals surface area contributed by atoms with Crippen LogP contribution < -0.4 is 0 Å². The number of hydrogen-bond acceptors (Lipinski definition) is 2. The Morgan fingerprint density at radius 3 is 0.766 bits per heavy atom. The van der Waals surface area contributed by atoms with Gasteiger partial charge < -0.3 is 10.0 Å². The lowest BCUT2D eigenvalue weighted by Crippen LogP contribution is -2.36. The molecule has 0 rings (SSSR count). The average molecular weight is 664 g/mol. The standard InChI is InChI=1S/C44H89NO2/c1-4-6-8-10-12-14-16-18-20-22-24-26-28-30-32-34-36-38-40-45(43(3)42-44(46)47)41-39-37-35-33-31-29-27-25-23-21-19-17-15-13-11-9-7-5-2/h43H,4-42H2,1-3H3,(H,46,47). The molecule has 0 aromatic carbocycles. The van der Waals surface area contributed by atoms with E-state index in [1.165, 1.54) is 231 Å². The summed E-state index contributed by atoms with van der Waals surface area (Å²) in [7, 11) is 0. The largest absolute Gasteiger partial charge is 0.481 e. The summed E-state index contributed by atoms with van der Waals surface area (Å²) in [4.78, 5) is 13.9. The number of nitrogens with zero attached hydrogens (tertiary/aromatic N) is 1. The van der Waals surface area contributed by atoms with Gasteiger partial charge in [-0.2, -0.15) is 0 Å². The summed E-state index contributed by atoms with van der Waals surface area (Å²) in [5.74, 6) is -0.655. The molecule has 0 heterocycles. The Labute approximate surface area is 297 Å². The molecule has 3 nitrogen and oxygen atoms in total. The second kappa shape index (κ2) is 39.9. The first-order chi connectivity index (χ1) is 23.1. The van der Waals surface area contributed by atoms with E-state index in [1.54, 1.807) is 0 Å². The zero-order valence-electron chi connectivity index (χ0n) is 33.0. The normalized spacial score (nSPS) is 12.3. The molecule has 0 fully saturated rings. The quantitative estimate of drug-likeness (QED) is 0.0662. The molecular formula is C44H89NO2. The lowest BCUT2D eigenvalue weighted by atomic mass is 10.0. The molecule has 0 spiro atoms. The third-order valence-electron chi connectivity index (χ3n) is 10.7. The van der Waals surface area contributed by atoms with Crippen molar-refractivity contribution in [3.63, 3.8) is 0 Å². The Balaban J connectivity index is 3.63. The van der Waals surface area contributed by atoms with E-state index >= 15 is 0 Å². The van der Waals surface area contributed by atoms with Crippen molar-refractivity contribution in [2.75, 3.05) is 13.1 Å². The minimum atomic E-state index is -0.655. The van der Waals surface area contributed by atoms with Gasteiger partial charge in [0.15, 0.2) is 0 Å². The van der Waals surface area contributed by atoms with Gasteiger partial charge in [-0.25, -0.2) is 0 Å². The molecule has 0 aliphatic carbocycles. The Morgan fingerprint density at radius 2 is 0.574 bits per heavy atom. The summed E-state index contributed by atoms with van der Waals surface area (Å²) >= 11 is 0. The van der Waals surface area contributed by atoms with Crippen LogP contribution in [-0.4, -0.2) is 35.1 Å². The molecule has 3 heteroatoms. The summed E-state index contributed by atoms with van der Waals surface area (Å²) in [5, 5.41) is 9.36. The van der Waals surface area contributed by atoms with E-state index in [0.29, 0.717) is 0 Å². The number of carbonyl (C=O) groups is 1. The van der Waals surface area contributed by atoms with Gasteiger partial charge in [-0.1, -0.05) is 232 Å². The van der Waals surface area contributed by atoms with Crippen LogP contribution in [0.25, 0.3) is 0 Å². The van der Waals surface area contributed by atoms with E-state index < -0.39 is 5.97 Å². The van der Waals surface area contributed by atoms with Gasteiger partial charge in [-0.3, -0.25) is 4.79 Å². The maximum absolute atomic E-state index is 11.4. The summed E-state index contributed by atoms with van der Waals surface area (Å²) in [6, 6.07) is 0.157. The first-order valence-corrected chi connectivity index (χ1v) is 22.1. The smallest absolute Gasteiger partial charge is 0.304 e. The molecule has 0 radical (unpaired) electrons. The van der Waals surface area contributed by atoms with Crippen LogP contribution in [0.5, 0.6) is 0 Å². The first-order valence-electron chi connectivity index (χ1n) is 22.1. The van der Waals surface area contributed by atoms with Crippen LogP contribution in [0.1, 0.15) is 258 Å². The fourth-order valence-electron chi connectivity index (χ4n) is 7.37. The number of aliphatic carboxylic acids is 1. The highest BCUT2D eigenvalue weighted by atomic mass is 16.4. The third-order valence-corrected chi connectivity index (χ3v) is 10.7. The Morgan fingerprint density at radius 1 is 0.383 bits per heavy atom. The van der Waals surface area contributed by atoms with Crippen molar-refractivity contribution in [3.05, 3.63) is 0 Å². The van der Waals surface area contributed by atoms with Crippen molar-refractivity contribution in [1.29, 1.82) is 0 Å². The zero-order chi connectivity index (χ0) is 34.3. The molecule has 0 bridgehead atoms. The molecule has 282 valence electrons. The molecule has 47 heavy (non-hydrogen) atoms. The van der Waals surface area contributed by atoms with E-state index in [-0.39, 0.29) is 12.5 Å². The molecule has 1 atom stereocenters. The van der Waals surface area contributed by atoms with E-state index in [2.05, 4.69) is 25.7 Å². The lowest BCUT2D eigenvalue weighted by molar-refractivity contribution is -0.138. The summed E-state index contributed by atoms with van der Waals surface area (Å²) in [6.07, 6.45) is 50.9. The topological polar surface area (TPSA) is 40.5 Å². The van der Waals surface area contributed by atoms with Gasteiger partial charge >= 0.3 is 5.97 Å². The fourth-order valence-corrected chi connectivity index (χ4v) is 7.37. The van der Waals surface area contributed by atoms with Gasteiger partial charge in [0.2, 0.25) is 0 Å². The monoisotopic (exact) mass is 664 g/mol. The maximum atomic E-state index is 11.4. The highest BCUT2D eigenvalue weighted by Crippen LogP contribution is 2.17. The highest BCUT2D eigenvalue weighted by Gasteiger charge is 2.16. The van der Waals surface area contributed by atoms with Crippen molar-refractivity contribution in [1.82, 2.24) is 4.90 Å². The zero-order valence-corrected chi connectivity index (χ0v) is 33.0. The van der Waals surface area contributed by atoms with E-state index in [1.807, 2.05) is 0 Å². The highest BCUT2D eigenvalue weighted by molar-refractivity contribution is 5.67. The van der Waals surface area contributed by atoms with E-state index in [4.69, 9.17) is 0 Å². The summed E-state index contributed by atoms with van der Waals surface area (Å²) < 4.78 is 0. The van der Waals surface area contributed by atoms with Gasteiger partial charge in [0.1, 0.15) is 0 Å². The molecule has 0 aromatic heterocycles. The lowest BCUT2D eigenvalue weighted by Gasteiger charge is -2.28. The fraction of sp³-hybridized carbons (Fsp3) is 0.977. The van der Waals surface area contributed by atoms with Crippen molar-refractivity contribution in [3.8, 4) is 0 Å². The number of hydrogen-bond donors (Lipinski definition) is 1. The molecule has 1 unspecified atom stereocenters. The second-order valence-corrected chi connectivity index (χ2v) is 15.5. The van der Waals surface area contributed by atoms with Crippen LogP contribution in [0.4, 0.5) is 0 Å². The van der Waals surface area contributed by atoms with E-state index in [0.717, 1.165) is 13.1 Å². The maximum Gasteiger partial charge on any atom is 0.304 e. The van der Waals surface area contributed by atoms with Crippen LogP contribution >= 0.6 is 0 Å². The molecule has 1 N–H and O–H groups in total. The molecule has 0 saturated heterocycles. The summed E-state index contributed by atoms with van der Waals surface area (Å²) in [6.45, 7) is 8.87. The third kappa shape index (κ3) is 38.1. The van der Waals surface area contributed by atoms with Gasteiger partial charge in [-0.15, -0.1) is 0 Å². The Hall–Kier alpha value is -0.570. The van der Waals surface area contributed by atoms with Crippen LogP contribution in [-0.2, 0) is 4.79 Å². The Kier molecular flexibility index (Phi) is 39.4. The molecule has 0 amide bonds. The predicted octanol–water partition coefficient (Wildman–Crippen LogP) is 15.2. The van der Waals surface area contributed by atoms with Gasteiger partial charge in [0, 0.05) is 6.04 Å². The minimum Gasteiger partial charge on any atom is -0.481 e. The van der Waals surface area contributed by atoms with Crippen molar-refractivity contribution >= 4 is 5.97 Å². The SMILES string of the molecule is CCCCCCCCCCCCCCCCCCCCN(CCCCCCCCCCCCCCCCCCCC)C(C)CC(=O)O. The van der Waals surface area contributed by atoms with E-state index in [9.17, 15) is 9.90 Å². The first kappa shape index (κ1) is 46.4. The van der Waals surface area contributed by atoms with Crippen LogP contribution in [0, 0.1) is 0 Å². The average Bonchev–Trinajstić information content (AvgIpc) is 3.05. The minimum absolute atomic E-state index is 0.157. The van der Waals surface area contributed by atoms with Crippen LogP contribution in [0.3, 0.4) is 0 Å². The molecule has 0 aliphatic rings. The number of unbranched alkanes of at least 4 members (excludes halogenated alkanes) is 34. The number of carboxylic acid groups (broad SMARTS) is 1. The molecule has 0 aromatic rings. The number of carboxylic acids is 1. The van der Waals surface area contributed by atoms with Crippen LogP contribution in [0.2, 0.25) is 0 Å². The molecule has 0 saturated carbocycles. The Bertz CT molecular complexity index is 553. The second-order valence-electron chi connectivity index (χ2n) is 15.5. The molecule has 0 aliphatic heterocycles. The molecular weight excluding hydrogens is 574 g/mol. The van der Waals surface area contributed by atoms with Gasteiger partial charge in [0.25, 0.3) is 0 Å². The summed E-state index contributed by atoms with van der Waals surface area (Å²) in [5.41, 5.74) is 0. The van der Waals surface area contributed by atoms with Gasteiger partial charge in [-0.05, 0) is 32.9 Å². The van der Waals surface area contributed by atoms with Crippen molar-refractivity contribution < 1.29 is 9.90 Å².